The van der Waals surface area contributed by atoms with Crippen molar-refractivity contribution >= 4 is 11.6 Å². The normalized spacial score (nSPS) is 15.5. The van der Waals surface area contributed by atoms with Crippen molar-refractivity contribution in [3.8, 4) is 0 Å². The topological polar surface area (TPSA) is 40.5 Å². The molecule has 2 unspecified atom stereocenters. The van der Waals surface area contributed by atoms with Crippen molar-refractivity contribution in [1.29, 1.82) is 0 Å². The van der Waals surface area contributed by atoms with Crippen molar-refractivity contribution in [2.24, 2.45) is 0 Å². The van der Waals surface area contributed by atoms with Crippen molar-refractivity contribution in [1.82, 2.24) is 0 Å². The molecule has 0 spiro atoms. The Bertz CT molecular complexity index is 171. The van der Waals surface area contributed by atoms with E-state index in [2.05, 4.69) is 6.92 Å². The molecule has 2 nitrogen and oxygen atoms in total. The number of allylic oxidation sites excluding steroid dienone is 1. The maximum atomic E-state index is 9.66. The summed E-state index contributed by atoms with van der Waals surface area (Å²) < 4.78 is 0. The van der Waals surface area contributed by atoms with Crippen LogP contribution in [-0.2, 0) is 0 Å². The third kappa shape index (κ3) is 10.5. The summed E-state index contributed by atoms with van der Waals surface area (Å²) in [7, 11) is 0. The second kappa shape index (κ2) is 11.4. The number of rotatable bonds is 10. The molecule has 0 rings (SSSR count). The van der Waals surface area contributed by atoms with Gasteiger partial charge in [0.05, 0.1) is 12.2 Å². The van der Waals surface area contributed by atoms with E-state index in [-0.39, 0.29) is 12.2 Å². The fourth-order valence-corrected chi connectivity index (χ4v) is 1.84. The highest BCUT2D eigenvalue weighted by atomic mass is 35.5. The van der Waals surface area contributed by atoms with Crippen molar-refractivity contribution in [3.63, 3.8) is 0 Å². The van der Waals surface area contributed by atoms with E-state index in [1.54, 1.807) is 0 Å². The monoisotopic (exact) mass is 248 g/mol. The van der Waals surface area contributed by atoms with Gasteiger partial charge in [-0.15, -0.1) is 0 Å². The quantitative estimate of drug-likeness (QED) is 0.580. The van der Waals surface area contributed by atoms with Crippen LogP contribution in [-0.4, -0.2) is 22.4 Å². The summed E-state index contributed by atoms with van der Waals surface area (Å²) in [6.45, 7) is 2.14. The van der Waals surface area contributed by atoms with Crippen LogP contribution in [0.2, 0.25) is 0 Å². The van der Waals surface area contributed by atoms with Crippen LogP contribution in [0.1, 0.15) is 58.3 Å². The van der Waals surface area contributed by atoms with Gasteiger partial charge in [-0.1, -0.05) is 43.9 Å². The Morgan fingerprint density at radius 1 is 1.06 bits per heavy atom. The molecule has 0 aliphatic rings. The maximum absolute atomic E-state index is 9.66. The van der Waals surface area contributed by atoms with Gasteiger partial charge in [0.2, 0.25) is 0 Å². The van der Waals surface area contributed by atoms with E-state index in [9.17, 15) is 10.2 Å². The Morgan fingerprint density at radius 2 is 1.69 bits per heavy atom. The summed E-state index contributed by atoms with van der Waals surface area (Å²) in [5.74, 6) is 0. The molecule has 0 bridgehead atoms. The Labute approximate surface area is 104 Å². The molecule has 0 aromatic carbocycles. The van der Waals surface area contributed by atoms with Crippen LogP contribution >= 0.6 is 11.6 Å². The molecule has 0 heterocycles. The molecule has 0 aliphatic heterocycles. The minimum Gasteiger partial charge on any atom is -0.393 e. The lowest BCUT2D eigenvalue weighted by molar-refractivity contribution is 0.0687. The van der Waals surface area contributed by atoms with Gasteiger partial charge in [-0.3, -0.25) is 0 Å². The second-order valence-corrected chi connectivity index (χ2v) is 4.58. The SMILES string of the molecule is CCCCCC(O)CC(O)CCCC=CCl. The lowest BCUT2D eigenvalue weighted by Crippen LogP contribution is -2.17. The maximum Gasteiger partial charge on any atom is 0.0565 e. The number of hydrogen-bond acceptors (Lipinski definition) is 2. The molecule has 0 fully saturated rings. The third-order valence-electron chi connectivity index (χ3n) is 2.68. The Kier molecular flexibility index (Phi) is 11.4. The molecule has 0 saturated carbocycles. The van der Waals surface area contributed by atoms with E-state index in [1.807, 2.05) is 6.08 Å². The first-order valence-corrected chi connectivity index (χ1v) is 6.75. The van der Waals surface area contributed by atoms with Crippen molar-refractivity contribution in [2.45, 2.75) is 70.5 Å². The molecule has 0 radical (unpaired) electrons. The number of aliphatic hydroxyl groups is 2. The molecule has 0 amide bonds. The van der Waals surface area contributed by atoms with Crippen LogP contribution in [0.4, 0.5) is 0 Å². The van der Waals surface area contributed by atoms with E-state index in [0.717, 1.165) is 38.5 Å². The molecule has 2 N–H and O–H groups in total. The molecule has 3 heteroatoms. The van der Waals surface area contributed by atoms with Gasteiger partial charge in [0.1, 0.15) is 0 Å². The zero-order chi connectivity index (χ0) is 12.2. The van der Waals surface area contributed by atoms with Crippen molar-refractivity contribution < 1.29 is 10.2 Å². The number of unbranched alkanes of at least 4 members (excludes halogenated alkanes) is 3. The Morgan fingerprint density at radius 3 is 2.25 bits per heavy atom. The van der Waals surface area contributed by atoms with E-state index in [1.165, 1.54) is 12.0 Å². The first-order valence-electron chi connectivity index (χ1n) is 6.32. The average Bonchev–Trinajstić information content (AvgIpc) is 2.25. The van der Waals surface area contributed by atoms with Crippen LogP contribution in [0.15, 0.2) is 11.6 Å². The molecule has 96 valence electrons. The lowest BCUT2D eigenvalue weighted by atomic mass is 10.0. The van der Waals surface area contributed by atoms with Gasteiger partial charge in [-0.25, -0.2) is 0 Å². The van der Waals surface area contributed by atoms with Crippen LogP contribution in [0, 0.1) is 0 Å². The predicted octanol–water partition coefficient (Wildman–Crippen LogP) is 3.60. The summed E-state index contributed by atoms with van der Waals surface area (Å²) in [6, 6.07) is 0. The summed E-state index contributed by atoms with van der Waals surface area (Å²) in [4.78, 5) is 0. The van der Waals surface area contributed by atoms with E-state index in [0.29, 0.717) is 6.42 Å². The van der Waals surface area contributed by atoms with Gasteiger partial charge in [0.25, 0.3) is 0 Å². The van der Waals surface area contributed by atoms with Crippen LogP contribution in [0.25, 0.3) is 0 Å². The number of halogens is 1. The molecule has 2 atom stereocenters. The highest BCUT2D eigenvalue weighted by Gasteiger charge is 2.10. The third-order valence-corrected chi connectivity index (χ3v) is 2.86. The van der Waals surface area contributed by atoms with Gasteiger partial charge in [0, 0.05) is 5.54 Å². The summed E-state index contributed by atoms with van der Waals surface area (Å²) >= 11 is 5.39. The largest absolute Gasteiger partial charge is 0.393 e. The smallest absolute Gasteiger partial charge is 0.0565 e. The zero-order valence-electron chi connectivity index (χ0n) is 10.2. The fraction of sp³-hybridized carbons (Fsp3) is 0.846. The van der Waals surface area contributed by atoms with Crippen LogP contribution in [0.5, 0.6) is 0 Å². The average molecular weight is 249 g/mol. The standard InChI is InChI=1S/C13H25ClO2/c1-2-3-5-8-12(15)11-13(16)9-6-4-7-10-14/h7,10,12-13,15-16H,2-6,8-9,11H2,1H3. The van der Waals surface area contributed by atoms with Gasteiger partial charge in [0.15, 0.2) is 0 Å². The molecule has 0 saturated heterocycles. The molecule has 0 aliphatic carbocycles. The van der Waals surface area contributed by atoms with Crippen LogP contribution in [0.3, 0.4) is 0 Å². The van der Waals surface area contributed by atoms with Gasteiger partial charge in [-0.2, -0.15) is 0 Å². The van der Waals surface area contributed by atoms with Crippen LogP contribution < -0.4 is 0 Å². The highest BCUT2D eigenvalue weighted by molar-refractivity contribution is 6.25. The number of aliphatic hydroxyl groups excluding tert-OH is 2. The summed E-state index contributed by atoms with van der Waals surface area (Å²) in [6.07, 6.45) is 8.43. The molecule has 0 aromatic rings. The van der Waals surface area contributed by atoms with Gasteiger partial charge >= 0.3 is 0 Å². The zero-order valence-corrected chi connectivity index (χ0v) is 11.0. The summed E-state index contributed by atoms with van der Waals surface area (Å²) in [5, 5.41) is 19.3. The van der Waals surface area contributed by atoms with Crippen molar-refractivity contribution in [2.75, 3.05) is 0 Å². The molecule has 16 heavy (non-hydrogen) atoms. The first-order chi connectivity index (χ1) is 7.70. The van der Waals surface area contributed by atoms with E-state index < -0.39 is 0 Å². The van der Waals surface area contributed by atoms with E-state index in [4.69, 9.17) is 11.6 Å². The lowest BCUT2D eigenvalue weighted by Gasteiger charge is -2.15. The first kappa shape index (κ1) is 16.0. The van der Waals surface area contributed by atoms with E-state index >= 15 is 0 Å². The minimum atomic E-state index is -0.375. The highest BCUT2D eigenvalue weighted by Crippen LogP contribution is 2.12. The predicted molar refractivity (Wildman–Crippen MR) is 69.6 cm³/mol. The van der Waals surface area contributed by atoms with Crippen molar-refractivity contribution in [3.05, 3.63) is 11.6 Å². The second-order valence-electron chi connectivity index (χ2n) is 4.33. The van der Waals surface area contributed by atoms with Gasteiger partial charge < -0.3 is 10.2 Å². The number of hydrogen-bond donors (Lipinski definition) is 2. The molecular weight excluding hydrogens is 224 g/mol. The summed E-state index contributed by atoms with van der Waals surface area (Å²) in [5.41, 5.74) is 1.51. The Hall–Kier alpha value is -0.0500. The minimum absolute atomic E-state index is 0.342. The molecule has 0 aromatic heterocycles. The fourth-order valence-electron chi connectivity index (χ4n) is 1.71. The van der Waals surface area contributed by atoms with Gasteiger partial charge in [-0.05, 0) is 32.1 Å². The Balaban J connectivity index is 3.42. The molecular formula is C13H25ClO2.